The molecule has 0 spiro atoms. The Morgan fingerprint density at radius 3 is 2.96 bits per heavy atom. The van der Waals surface area contributed by atoms with Crippen LogP contribution in [-0.2, 0) is 13.0 Å². The fraction of sp³-hybridized carbons (Fsp3) is 0.529. The van der Waals surface area contributed by atoms with Gasteiger partial charge in [-0.2, -0.15) is 5.10 Å². The zero-order valence-corrected chi connectivity index (χ0v) is 14.3. The van der Waals surface area contributed by atoms with Crippen molar-refractivity contribution in [1.29, 1.82) is 0 Å². The van der Waals surface area contributed by atoms with Gasteiger partial charge in [-0.3, -0.25) is 4.98 Å². The second-order valence-corrected chi connectivity index (χ2v) is 6.60. The summed E-state index contributed by atoms with van der Waals surface area (Å²) in [5.41, 5.74) is 0. The first-order valence-electron chi connectivity index (χ1n) is 8.70. The predicted molar refractivity (Wildman–Crippen MR) is 90.2 cm³/mol. The number of fused-ring (bicyclic) bond motifs is 1. The van der Waals surface area contributed by atoms with Gasteiger partial charge in [-0.25, -0.2) is 14.5 Å². The van der Waals surface area contributed by atoms with Crippen molar-refractivity contribution in [2.45, 2.75) is 44.9 Å². The van der Waals surface area contributed by atoms with Crippen molar-refractivity contribution < 1.29 is 9.53 Å². The SMILES string of the molecule is Cc1nc2n(n1)CC(NC(=O)N1CC[C@@H](Oc3ccncc3)C1)CC2. The minimum Gasteiger partial charge on any atom is -0.488 e. The van der Waals surface area contributed by atoms with Crippen LogP contribution in [0.15, 0.2) is 24.5 Å². The van der Waals surface area contributed by atoms with Crippen LogP contribution in [0.2, 0.25) is 0 Å². The molecule has 2 atom stereocenters. The number of aromatic nitrogens is 4. The van der Waals surface area contributed by atoms with E-state index in [2.05, 4.69) is 20.4 Å². The summed E-state index contributed by atoms with van der Waals surface area (Å²) in [7, 11) is 0. The number of ether oxygens (including phenoxy) is 1. The molecule has 4 heterocycles. The van der Waals surface area contributed by atoms with Crippen LogP contribution < -0.4 is 10.1 Å². The maximum Gasteiger partial charge on any atom is 0.317 e. The normalized spacial score (nSPS) is 22.5. The maximum atomic E-state index is 12.5. The Morgan fingerprint density at radius 1 is 1.28 bits per heavy atom. The van der Waals surface area contributed by atoms with Crippen molar-refractivity contribution in [2.24, 2.45) is 0 Å². The van der Waals surface area contributed by atoms with Crippen LogP contribution in [0.4, 0.5) is 4.79 Å². The number of rotatable bonds is 3. The van der Waals surface area contributed by atoms with Crippen LogP contribution in [0, 0.1) is 6.92 Å². The van der Waals surface area contributed by atoms with E-state index in [0.29, 0.717) is 19.6 Å². The number of likely N-dealkylation sites (tertiary alicyclic amines) is 1. The Labute approximate surface area is 146 Å². The lowest BCUT2D eigenvalue weighted by molar-refractivity contribution is 0.181. The molecule has 1 N–H and O–H groups in total. The van der Waals surface area contributed by atoms with E-state index < -0.39 is 0 Å². The third-order valence-corrected chi connectivity index (χ3v) is 4.68. The Kier molecular flexibility index (Phi) is 4.25. The Morgan fingerprint density at radius 2 is 2.12 bits per heavy atom. The molecule has 0 saturated carbocycles. The molecular formula is C17H22N6O2. The fourth-order valence-electron chi connectivity index (χ4n) is 3.44. The zero-order valence-electron chi connectivity index (χ0n) is 14.3. The lowest BCUT2D eigenvalue weighted by Gasteiger charge is -2.26. The minimum atomic E-state index is -0.0221. The molecule has 1 unspecified atom stereocenters. The van der Waals surface area contributed by atoms with E-state index in [1.54, 1.807) is 12.4 Å². The summed E-state index contributed by atoms with van der Waals surface area (Å²) >= 11 is 0. The lowest BCUT2D eigenvalue weighted by Crippen LogP contribution is -2.47. The molecule has 0 aliphatic carbocycles. The molecule has 8 nitrogen and oxygen atoms in total. The Hall–Kier alpha value is -2.64. The molecule has 0 bridgehead atoms. The molecular weight excluding hydrogens is 320 g/mol. The van der Waals surface area contributed by atoms with Crippen molar-refractivity contribution >= 4 is 6.03 Å². The van der Waals surface area contributed by atoms with E-state index in [1.165, 1.54) is 0 Å². The van der Waals surface area contributed by atoms with E-state index in [4.69, 9.17) is 4.74 Å². The number of pyridine rings is 1. The highest BCUT2D eigenvalue weighted by Gasteiger charge is 2.30. The summed E-state index contributed by atoms with van der Waals surface area (Å²) in [5, 5.41) is 7.51. The highest BCUT2D eigenvalue weighted by molar-refractivity contribution is 5.74. The highest BCUT2D eigenvalue weighted by atomic mass is 16.5. The van der Waals surface area contributed by atoms with Crippen LogP contribution >= 0.6 is 0 Å². The summed E-state index contributed by atoms with van der Waals surface area (Å²) in [6, 6.07) is 3.75. The van der Waals surface area contributed by atoms with Gasteiger partial charge >= 0.3 is 6.03 Å². The van der Waals surface area contributed by atoms with Gasteiger partial charge < -0.3 is 15.0 Å². The van der Waals surface area contributed by atoms with E-state index in [1.807, 2.05) is 28.6 Å². The first-order valence-corrected chi connectivity index (χ1v) is 8.70. The number of hydrogen-bond acceptors (Lipinski definition) is 5. The Balaban J connectivity index is 1.29. The largest absolute Gasteiger partial charge is 0.488 e. The van der Waals surface area contributed by atoms with Gasteiger partial charge in [0.25, 0.3) is 0 Å². The summed E-state index contributed by atoms with van der Waals surface area (Å²) in [5.74, 6) is 2.59. The molecule has 0 aromatic carbocycles. The number of nitrogens with one attached hydrogen (secondary N) is 1. The van der Waals surface area contributed by atoms with Gasteiger partial charge in [-0.05, 0) is 25.5 Å². The van der Waals surface area contributed by atoms with Gasteiger partial charge in [0.1, 0.15) is 23.5 Å². The molecule has 8 heteroatoms. The number of hydrogen-bond donors (Lipinski definition) is 1. The summed E-state index contributed by atoms with van der Waals surface area (Å²) in [6.45, 7) is 3.90. The van der Waals surface area contributed by atoms with Gasteiger partial charge in [0.15, 0.2) is 0 Å². The molecule has 2 amide bonds. The zero-order chi connectivity index (χ0) is 17.2. The summed E-state index contributed by atoms with van der Waals surface area (Å²) in [6.07, 6.45) is 6.03. The van der Waals surface area contributed by atoms with Crippen molar-refractivity contribution in [3.05, 3.63) is 36.2 Å². The second-order valence-electron chi connectivity index (χ2n) is 6.60. The van der Waals surface area contributed by atoms with Crippen LogP contribution in [0.5, 0.6) is 5.75 Å². The number of nitrogens with zero attached hydrogens (tertiary/aromatic N) is 5. The van der Waals surface area contributed by atoms with E-state index in [0.717, 1.165) is 36.7 Å². The average Bonchev–Trinajstić information content (AvgIpc) is 3.21. The van der Waals surface area contributed by atoms with Crippen molar-refractivity contribution in [1.82, 2.24) is 30.0 Å². The predicted octanol–water partition coefficient (Wildman–Crippen LogP) is 1.16. The Bertz CT molecular complexity index is 747. The molecule has 2 aliphatic heterocycles. The molecule has 1 fully saturated rings. The smallest absolute Gasteiger partial charge is 0.317 e. The molecule has 1 saturated heterocycles. The highest BCUT2D eigenvalue weighted by Crippen LogP contribution is 2.18. The van der Waals surface area contributed by atoms with Crippen LogP contribution in [0.3, 0.4) is 0 Å². The van der Waals surface area contributed by atoms with Crippen LogP contribution in [-0.4, -0.2) is 55.9 Å². The van der Waals surface area contributed by atoms with E-state index in [-0.39, 0.29) is 18.2 Å². The summed E-state index contributed by atoms with van der Waals surface area (Å²) < 4.78 is 7.82. The van der Waals surface area contributed by atoms with Gasteiger partial charge in [0, 0.05) is 31.8 Å². The first-order chi connectivity index (χ1) is 12.2. The lowest BCUT2D eigenvalue weighted by atomic mass is 10.1. The third-order valence-electron chi connectivity index (χ3n) is 4.68. The standard InChI is InChI=1S/C17H22N6O2/c1-12-19-16-3-2-13(10-23(16)21-12)20-17(24)22-9-6-15(11-22)25-14-4-7-18-8-5-14/h4-5,7-8,13,15H,2-3,6,9-11H2,1H3,(H,20,24)/t13?,15-/m1/s1. The quantitative estimate of drug-likeness (QED) is 0.905. The monoisotopic (exact) mass is 342 g/mol. The van der Waals surface area contributed by atoms with Crippen LogP contribution in [0.1, 0.15) is 24.5 Å². The molecule has 2 aromatic heterocycles. The van der Waals surface area contributed by atoms with Gasteiger partial charge in [0.2, 0.25) is 0 Å². The van der Waals surface area contributed by atoms with E-state index in [9.17, 15) is 4.79 Å². The van der Waals surface area contributed by atoms with Gasteiger partial charge in [-0.15, -0.1) is 0 Å². The molecule has 25 heavy (non-hydrogen) atoms. The maximum absolute atomic E-state index is 12.5. The number of carbonyl (C=O) groups excluding carboxylic acids is 1. The number of amides is 2. The third kappa shape index (κ3) is 3.57. The minimum absolute atomic E-state index is 0.0221. The summed E-state index contributed by atoms with van der Waals surface area (Å²) in [4.78, 5) is 22.7. The molecule has 2 aromatic rings. The van der Waals surface area contributed by atoms with Crippen molar-refractivity contribution in [3.8, 4) is 5.75 Å². The molecule has 132 valence electrons. The molecule has 4 rings (SSSR count). The average molecular weight is 342 g/mol. The van der Waals surface area contributed by atoms with Crippen molar-refractivity contribution in [3.63, 3.8) is 0 Å². The van der Waals surface area contributed by atoms with Crippen LogP contribution in [0.25, 0.3) is 0 Å². The first kappa shape index (κ1) is 15.9. The van der Waals surface area contributed by atoms with E-state index >= 15 is 0 Å². The fourth-order valence-corrected chi connectivity index (χ4v) is 3.44. The number of carbonyl (C=O) groups is 1. The van der Waals surface area contributed by atoms with Gasteiger partial charge in [-0.1, -0.05) is 0 Å². The number of aryl methyl sites for hydroxylation is 2. The number of urea groups is 1. The van der Waals surface area contributed by atoms with Gasteiger partial charge in [0.05, 0.1) is 19.1 Å². The topological polar surface area (TPSA) is 85.2 Å². The molecule has 2 aliphatic rings. The molecule has 0 radical (unpaired) electrons. The van der Waals surface area contributed by atoms with Crippen molar-refractivity contribution in [2.75, 3.05) is 13.1 Å². The second kappa shape index (κ2) is 6.70.